The fraction of sp³-hybridized carbons (Fsp3) is 0.0714. The first-order valence-corrected chi connectivity index (χ1v) is 6.92. The minimum absolute atomic E-state index is 0.0814. The quantitative estimate of drug-likeness (QED) is 0.861. The molecule has 3 nitrogen and oxygen atoms in total. The third kappa shape index (κ3) is 4.24. The molecule has 0 radical (unpaired) electrons. The lowest BCUT2D eigenvalue weighted by Crippen LogP contribution is -2.20. The second kappa shape index (κ2) is 6.98. The van der Waals surface area contributed by atoms with E-state index in [9.17, 15) is 9.18 Å². The molecule has 0 fully saturated rings. The van der Waals surface area contributed by atoms with E-state index in [1.54, 1.807) is 18.2 Å². The molecule has 0 unspecified atom stereocenters. The summed E-state index contributed by atoms with van der Waals surface area (Å²) in [5.41, 5.74) is 0.312. The number of benzene rings is 2. The number of amides is 1. The van der Waals surface area contributed by atoms with Crippen molar-refractivity contribution < 1.29 is 13.9 Å². The van der Waals surface area contributed by atoms with Crippen LogP contribution in [-0.4, -0.2) is 12.5 Å². The third-order valence-electron chi connectivity index (χ3n) is 2.49. The largest absolute Gasteiger partial charge is 0.484 e. The molecule has 7 heteroatoms. The minimum Gasteiger partial charge on any atom is -0.484 e. The standard InChI is InChI=1S/C14H9Cl3FNO2/c15-9-2-1-3-10(16)14(9)19-13(20)7-21-8-4-5-12(18)11(17)6-8/h1-6H,7H2,(H,19,20). The number of halogens is 4. The van der Waals surface area contributed by atoms with Crippen LogP contribution in [0.15, 0.2) is 36.4 Å². The summed E-state index contributed by atoms with van der Waals surface area (Å²) < 4.78 is 18.2. The Bertz CT molecular complexity index is 659. The molecule has 2 rings (SSSR count). The van der Waals surface area contributed by atoms with E-state index in [4.69, 9.17) is 39.5 Å². The van der Waals surface area contributed by atoms with Crippen LogP contribution in [0, 0.1) is 5.82 Å². The second-order valence-corrected chi connectivity index (χ2v) is 5.23. The highest BCUT2D eigenvalue weighted by Gasteiger charge is 2.10. The van der Waals surface area contributed by atoms with Gasteiger partial charge in [0.05, 0.1) is 20.8 Å². The van der Waals surface area contributed by atoms with E-state index in [0.717, 1.165) is 6.07 Å². The van der Waals surface area contributed by atoms with E-state index in [1.165, 1.54) is 12.1 Å². The summed E-state index contributed by atoms with van der Waals surface area (Å²) >= 11 is 17.5. The number of hydrogen-bond donors (Lipinski definition) is 1. The van der Waals surface area contributed by atoms with Crippen molar-refractivity contribution in [3.8, 4) is 5.75 Å². The number of rotatable bonds is 4. The molecular weight excluding hydrogens is 340 g/mol. The van der Waals surface area contributed by atoms with Crippen LogP contribution in [0.2, 0.25) is 15.1 Å². The topological polar surface area (TPSA) is 38.3 Å². The number of hydrogen-bond acceptors (Lipinski definition) is 2. The maximum absolute atomic E-state index is 13.0. The summed E-state index contributed by atoms with van der Waals surface area (Å²) in [6, 6.07) is 8.68. The molecule has 0 atom stereocenters. The van der Waals surface area contributed by atoms with Crippen LogP contribution in [0.3, 0.4) is 0 Å². The third-order valence-corrected chi connectivity index (χ3v) is 3.41. The van der Waals surface area contributed by atoms with Gasteiger partial charge in [0.25, 0.3) is 5.91 Å². The zero-order valence-corrected chi connectivity index (χ0v) is 12.8. The molecule has 0 aliphatic carbocycles. The van der Waals surface area contributed by atoms with Gasteiger partial charge < -0.3 is 10.1 Å². The van der Waals surface area contributed by atoms with Crippen LogP contribution in [0.5, 0.6) is 5.75 Å². The van der Waals surface area contributed by atoms with Crippen LogP contribution in [0.1, 0.15) is 0 Å². The predicted octanol–water partition coefficient (Wildman–Crippen LogP) is 4.80. The summed E-state index contributed by atoms with van der Waals surface area (Å²) in [5, 5.41) is 3.10. The summed E-state index contributed by atoms with van der Waals surface area (Å²) in [7, 11) is 0. The number of carbonyl (C=O) groups excluding carboxylic acids is 1. The Kier molecular flexibility index (Phi) is 5.28. The smallest absolute Gasteiger partial charge is 0.262 e. The van der Waals surface area contributed by atoms with Gasteiger partial charge in [0.2, 0.25) is 0 Å². The van der Waals surface area contributed by atoms with Gasteiger partial charge in [-0.1, -0.05) is 40.9 Å². The maximum Gasteiger partial charge on any atom is 0.262 e. The van der Waals surface area contributed by atoms with Crippen LogP contribution in [0.4, 0.5) is 10.1 Å². The van der Waals surface area contributed by atoms with Gasteiger partial charge in [-0.2, -0.15) is 0 Å². The van der Waals surface area contributed by atoms with Crippen LogP contribution in [-0.2, 0) is 4.79 Å². The Hall–Kier alpha value is -1.49. The Labute approximate surface area is 135 Å². The summed E-state index contributed by atoms with van der Waals surface area (Å²) in [6.07, 6.45) is 0. The zero-order valence-electron chi connectivity index (χ0n) is 10.5. The first kappa shape index (κ1) is 15.9. The Morgan fingerprint density at radius 3 is 2.38 bits per heavy atom. The van der Waals surface area contributed by atoms with Crippen molar-refractivity contribution >= 4 is 46.4 Å². The van der Waals surface area contributed by atoms with Gasteiger partial charge in [0.1, 0.15) is 11.6 Å². The molecule has 110 valence electrons. The van der Waals surface area contributed by atoms with Crippen molar-refractivity contribution in [1.82, 2.24) is 0 Å². The van der Waals surface area contributed by atoms with Gasteiger partial charge >= 0.3 is 0 Å². The van der Waals surface area contributed by atoms with Crippen LogP contribution < -0.4 is 10.1 Å². The number of carbonyl (C=O) groups is 1. The molecule has 0 bridgehead atoms. The van der Waals surface area contributed by atoms with Crippen molar-refractivity contribution in [3.63, 3.8) is 0 Å². The van der Waals surface area contributed by atoms with Crippen LogP contribution >= 0.6 is 34.8 Å². The van der Waals surface area contributed by atoms with E-state index in [-0.39, 0.29) is 17.4 Å². The molecule has 2 aromatic carbocycles. The Morgan fingerprint density at radius 1 is 1.10 bits per heavy atom. The Morgan fingerprint density at radius 2 is 1.76 bits per heavy atom. The molecule has 0 heterocycles. The highest BCUT2D eigenvalue weighted by atomic mass is 35.5. The normalized spacial score (nSPS) is 10.3. The summed E-state index contributed by atoms with van der Waals surface area (Å²) in [4.78, 5) is 11.8. The molecule has 0 aliphatic heterocycles. The highest BCUT2D eigenvalue weighted by Crippen LogP contribution is 2.29. The molecule has 2 aromatic rings. The monoisotopic (exact) mass is 347 g/mol. The van der Waals surface area contributed by atoms with Crippen molar-refractivity contribution in [1.29, 1.82) is 0 Å². The first-order valence-electron chi connectivity index (χ1n) is 5.79. The van der Waals surface area contributed by atoms with Gasteiger partial charge in [-0.25, -0.2) is 4.39 Å². The molecule has 1 amide bonds. The number of para-hydroxylation sites is 1. The predicted molar refractivity (Wildman–Crippen MR) is 82.0 cm³/mol. The van der Waals surface area contributed by atoms with Gasteiger partial charge in [-0.15, -0.1) is 0 Å². The average Bonchev–Trinajstić information content (AvgIpc) is 2.44. The SMILES string of the molecule is O=C(COc1ccc(F)c(Cl)c1)Nc1c(Cl)cccc1Cl. The zero-order chi connectivity index (χ0) is 15.4. The molecule has 0 aliphatic rings. The highest BCUT2D eigenvalue weighted by molar-refractivity contribution is 6.39. The minimum atomic E-state index is -0.559. The molecule has 0 spiro atoms. The molecule has 1 N–H and O–H groups in total. The van der Waals surface area contributed by atoms with Gasteiger partial charge in [0.15, 0.2) is 6.61 Å². The van der Waals surface area contributed by atoms with E-state index >= 15 is 0 Å². The van der Waals surface area contributed by atoms with E-state index in [1.807, 2.05) is 0 Å². The number of nitrogens with one attached hydrogen (secondary N) is 1. The van der Waals surface area contributed by atoms with E-state index < -0.39 is 11.7 Å². The maximum atomic E-state index is 13.0. The molecular formula is C14H9Cl3FNO2. The fourth-order valence-electron chi connectivity index (χ4n) is 1.51. The molecule has 0 aromatic heterocycles. The number of anilines is 1. The fourth-order valence-corrected chi connectivity index (χ4v) is 2.17. The number of ether oxygens (including phenoxy) is 1. The first-order chi connectivity index (χ1) is 9.97. The average molecular weight is 349 g/mol. The lowest BCUT2D eigenvalue weighted by Gasteiger charge is -2.10. The van der Waals surface area contributed by atoms with E-state index in [0.29, 0.717) is 15.7 Å². The molecule has 0 saturated heterocycles. The van der Waals surface area contributed by atoms with Crippen molar-refractivity contribution in [2.24, 2.45) is 0 Å². The lowest BCUT2D eigenvalue weighted by molar-refractivity contribution is -0.118. The summed E-state index contributed by atoms with van der Waals surface area (Å²) in [6.45, 7) is -0.288. The van der Waals surface area contributed by atoms with Crippen molar-refractivity contribution in [2.75, 3.05) is 11.9 Å². The summed E-state index contributed by atoms with van der Waals surface area (Å²) in [5.74, 6) is -0.733. The van der Waals surface area contributed by atoms with Crippen molar-refractivity contribution in [2.45, 2.75) is 0 Å². The van der Waals surface area contributed by atoms with Gasteiger partial charge in [-0.05, 0) is 24.3 Å². The van der Waals surface area contributed by atoms with Crippen molar-refractivity contribution in [3.05, 3.63) is 57.3 Å². The van der Waals surface area contributed by atoms with E-state index in [2.05, 4.69) is 5.32 Å². The van der Waals surface area contributed by atoms with Gasteiger partial charge in [0, 0.05) is 6.07 Å². The second-order valence-electron chi connectivity index (χ2n) is 4.01. The van der Waals surface area contributed by atoms with Gasteiger partial charge in [-0.3, -0.25) is 4.79 Å². The lowest BCUT2D eigenvalue weighted by atomic mass is 10.3. The molecule has 21 heavy (non-hydrogen) atoms. The Balaban J connectivity index is 1.97. The van der Waals surface area contributed by atoms with Crippen LogP contribution in [0.25, 0.3) is 0 Å². The molecule has 0 saturated carbocycles.